The van der Waals surface area contributed by atoms with Crippen molar-refractivity contribution in [1.29, 1.82) is 0 Å². The second-order valence-corrected chi connectivity index (χ2v) is 11.2. The maximum Gasteiger partial charge on any atom is 0.260 e. The molecule has 0 aromatic carbocycles. The number of hydrogen-bond acceptors (Lipinski definition) is 6. The van der Waals surface area contributed by atoms with Crippen molar-refractivity contribution in [3.63, 3.8) is 0 Å². The average Bonchev–Trinajstić information content (AvgIpc) is 2.75. The van der Waals surface area contributed by atoms with Gasteiger partial charge in [-0.25, -0.2) is 12.8 Å². The summed E-state index contributed by atoms with van der Waals surface area (Å²) in [7, 11) is -3.76. The van der Waals surface area contributed by atoms with Crippen molar-refractivity contribution in [3.8, 4) is 0 Å². The number of sulfonamides is 1. The Hall–Kier alpha value is -1.81. The van der Waals surface area contributed by atoms with Gasteiger partial charge in [0, 0.05) is 24.4 Å². The highest BCUT2D eigenvalue weighted by Crippen LogP contribution is 2.44. The molecule has 0 N–H and O–H groups in total. The van der Waals surface area contributed by atoms with E-state index in [0.717, 1.165) is 12.1 Å². The van der Waals surface area contributed by atoms with E-state index in [4.69, 9.17) is 9.47 Å². The second-order valence-electron chi connectivity index (χ2n) is 9.00. The minimum atomic E-state index is -3.76. The molecule has 0 radical (unpaired) electrons. The first-order valence-electron chi connectivity index (χ1n) is 10.7. The summed E-state index contributed by atoms with van der Waals surface area (Å²) in [5.41, 5.74) is -0.239. The smallest absolute Gasteiger partial charge is 0.260 e. The van der Waals surface area contributed by atoms with Gasteiger partial charge in [0.1, 0.15) is 5.67 Å². The number of carbonyl (C=O) groups is 1. The van der Waals surface area contributed by atoms with E-state index >= 15 is 0 Å². The fourth-order valence-electron chi connectivity index (χ4n) is 4.93. The monoisotopic (exact) mass is 450 g/mol. The standard InChI is InChI=1S/C22H27FN2O5S/c1-21(23)14-24(15-21)31(27,28)17-8-9-19-18(12-17)22(29-10-5-11-30-22)20(26)13-25(19)16-6-3-2-4-7-16/h2-4,6,9,12,16-17H,5,7-8,10-11,13-15H2,1H3. The van der Waals surface area contributed by atoms with E-state index in [9.17, 15) is 17.6 Å². The minimum Gasteiger partial charge on any atom is -0.357 e. The zero-order valence-electron chi connectivity index (χ0n) is 17.5. The first-order valence-corrected chi connectivity index (χ1v) is 12.3. The van der Waals surface area contributed by atoms with Crippen LogP contribution in [0.3, 0.4) is 0 Å². The molecule has 5 rings (SSSR count). The molecule has 3 saturated heterocycles. The van der Waals surface area contributed by atoms with Gasteiger partial charge in [-0.1, -0.05) is 36.5 Å². The quantitative estimate of drug-likeness (QED) is 0.653. The normalized spacial score (nSPS) is 32.3. The Kier molecular flexibility index (Phi) is 5.00. The molecular formula is C22H27FN2O5S. The van der Waals surface area contributed by atoms with Crippen LogP contribution >= 0.6 is 0 Å². The fourth-order valence-corrected chi connectivity index (χ4v) is 6.86. The number of likely N-dealkylation sites (tertiary alicyclic amines) is 1. The summed E-state index contributed by atoms with van der Waals surface area (Å²) < 4.78 is 53.3. The number of ketones is 1. The van der Waals surface area contributed by atoms with Crippen molar-refractivity contribution in [2.45, 2.75) is 48.9 Å². The van der Waals surface area contributed by atoms with E-state index in [1.165, 1.54) is 11.2 Å². The molecule has 5 aliphatic rings. The third-order valence-corrected chi connectivity index (χ3v) is 8.60. The summed E-state index contributed by atoms with van der Waals surface area (Å²) in [4.78, 5) is 15.3. The molecule has 2 unspecified atom stereocenters. The van der Waals surface area contributed by atoms with Crippen molar-refractivity contribution < 1.29 is 27.1 Å². The van der Waals surface area contributed by atoms with Crippen molar-refractivity contribution >= 4 is 15.8 Å². The summed E-state index contributed by atoms with van der Waals surface area (Å²) in [6, 6.07) is 0.000301. The molecule has 7 nitrogen and oxygen atoms in total. The van der Waals surface area contributed by atoms with Crippen molar-refractivity contribution in [2.75, 3.05) is 32.8 Å². The molecule has 3 aliphatic heterocycles. The molecule has 0 bridgehead atoms. The van der Waals surface area contributed by atoms with E-state index in [1.807, 2.05) is 35.3 Å². The Morgan fingerprint density at radius 3 is 2.55 bits per heavy atom. The number of fused-ring (bicyclic) bond motifs is 2. The fraction of sp³-hybridized carbons (Fsp3) is 0.591. The van der Waals surface area contributed by atoms with Gasteiger partial charge in [-0.2, -0.15) is 4.31 Å². The molecule has 0 amide bonds. The third kappa shape index (κ3) is 3.42. The molecule has 0 aromatic heterocycles. The number of ether oxygens (including phenoxy) is 2. The van der Waals surface area contributed by atoms with Crippen LogP contribution in [-0.2, 0) is 24.3 Å². The lowest BCUT2D eigenvalue weighted by atomic mass is 9.85. The molecule has 0 saturated carbocycles. The zero-order valence-corrected chi connectivity index (χ0v) is 18.3. The van der Waals surface area contributed by atoms with Crippen LogP contribution in [0.1, 0.15) is 26.2 Å². The highest BCUT2D eigenvalue weighted by molar-refractivity contribution is 7.90. The molecule has 2 atom stereocenters. The number of hydrogen-bond donors (Lipinski definition) is 0. The predicted octanol–water partition coefficient (Wildman–Crippen LogP) is 1.85. The van der Waals surface area contributed by atoms with Gasteiger partial charge in [0.25, 0.3) is 5.79 Å². The molecule has 0 aromatic rings. The zero-order chi connectivity index (χ0) is 21.9. The molecule has 168 valence electrons. The van der Waals surface area contributed by atoms with E-state index in [0.29, 0.717) is 25.2 Å². The highest BCUT2D eigenvalue weighted by Gasteiger charge is 2.55. The van der Waals surface area contributed by atoms with Crippen molar-refractivity contribution in [3.05, 3.63) is 47.7 Å². The minimum absolute atomic E-state index is 0.000301. The van der Waals surface area contributed by atoms with Gasteiger partial charge in [-0.3, -0.25) is 4.79 Å². The summed E-state index contributed by atoms with van der Waals surface area (Å²) >= 11 is 0. The van der Waals surface area contributed by atoms with Crippen molar-refractivity contribution in [1.82, 2.24) is 9.21 Å². The topological polar surface area (TPSA) is 76.2 Å². The van der Waals surface area contributed by atoms with Crippen LogP contribution in [0.4, 0.5) is 4.39 Å². The number of carbonyl (C=O) groups excluding carboxylic acids is 1. The Balaban J connectivity index is 1.52. The van der Waals surface area contributed by atoms with Gasteiger partial charge in [-0.15, -0.1) is 0 Å². The Morgan fingerprint density at radius 2 is 1.90 bits per heavy atom. The summed E-state index contributed by atoms with van der Waals surface area (Å²) in [6.07, 6.45) is 13.2. The number of rotatable bonds is 3. The third-order valence-electron chi connectivity index (χ3n) is 6.53. The van der Waals surface area contributed by atoms with E-state index in [1.54, 1.807) is 6.08 Å². The molecule has 9 heteroatoms. The number of Topliss-reactive ketones (excluding diaryl/α,β-unsaturated/α-hetero) is 1. The lowest BCUT2D eigenvalue weighted by molar-refractivity contribution is -0.238. The van der Waals surface area contributed by atoms with Gasteiger partial charge in [0.05, 0.1) is 31.1 Å². The summed E-state index contributed by atoms with van der Waals surface area (Å²) in [5.74, 6) is -1.79. The molecular weight excluding hydrogens is 423 g/mol. The predicted molar refractivity (Wildman–Crippen MR) is 112 cm³/mol. The molecule has 31 heavy (non-hydrogen) atoms. The molecule has 2 aliphatic carbocycles. The van der Waals surface area contributed by atoms with Gasteiger partial charge in [-0.05, 0) is 26.2 Å². The Labute approximate surface area is 181 Å². The summed E-state index contributed by atoms with van der Waals surface area (Å²) in [6.45, 7) is 1.98. The van der Waals surface area contributed by atoms with Crippen LogP contribution in [0.2, 0.25) is 0 Å². The second kappa shape index (κ2) is 7.37. The first-order chi connectivity index (χ1) is 14.7. The van der Waals surface area contributed by atoms with E-state index in [-0.39, 0.29) is 37.9 Å². The number of nitrogens with zero attached hydrogens (tertiary/aromatic N) is 2. The molecule has 1 spiro atoms. The van der Waals surface area contributed by atoms with Crippen LogP contribution in [-0.4, -0.2) is 79.0 Å². The van der Waals surface area contributed by atoms with E-state index < -0.39 is 26.7 Å². The number of piperidine rings is 1. The largest absolute Gasteiger partial charge is 0.357 e. The van der Waals surface area contributed by atoms with Crippen LogP contribution in [0.15, 0.2) is 47.7 Å². The van der Waals surface area contributed by atoms with Gasteiger partial charge >= 0.3 is 0 Å². The highest BCUT2D eigenvalue weighted by atomic mass is 32.2. The van der Waals surface area contributed by atoms with Crippen LogP contribution < -0.4 is 0 Å². The number of halogens is 1. The van der Waals surface area contributed by atoms with Gasteiger partial charge < -0.3 is 14.4 Å². The Morgan fingerprint density at radius 1 is 1.16 bits per heavy atom. The van der Waals surface area contributed by atoms with Gasteiger partial charge in [0.2, 0.25) is 15.8 Å². The van der Waals surface area contributed by atoms with Gasteiger partial charge in [0.15, 0.2) is 0 Å². The number of alkyl halides is 1. The SMILES string of the molecule is CC1(F)CN(S(=O)(=O)C2C=C3C(=CC2)N(C2C=CC=CC2)CC(=O)C32OCCCO2)C1. The molecule has 3 heterocycles. The lowest BCUT2D eigenvalue weighted by Gasteiger charge is -2.49. The Bertz CT molecular complexity index is 999. The van der Waals surface area contributed by atoms with Crippen LogP contribution in [0.5, 0.6) is 0 Å². The first kappa shape index (κ1) is 21.1. The van der Waals surface area contributed by atoms with Crippen LogP contribution in [0, 0.1) is 0 Å². The summed E-state index contributed by atoms with van der Waals surface area (Å²) in [5, 5.41) is -0.886. The maximum atomic E-state index is 14.0. The lowest BCUT2D eigenvalue weighted by Crippen LogP contribution is -2.62. The van der Waals surface area contributed by atoms with Crippen LogP contribution in [0.25, 0.3) is 0 Å². The average molecular weight is 451 g/mol. The maximum absolute atomic E-state index is 14.0. The number of allylic oxidation sites excluding steroid dienone is 3. The van der Waals surface area contributed by atoms with Crippen molar-refractivity contribution in [2.24, 2.45) is 0 Å². The van der Waals surface area contributed by atoms with E-state index in [2.05, 4.69) is 0 Å². The molecule has 3 fully saturated rings.